The van der Waals surface area contributed by atoms with E-state index in [-0.39, 0.29) is 15.5 Å². The molecule has 4 rings (SSSR count). The number of nitrogens with zero attached hydrogens (tertiary/aromatic N) is 2. The van der Waals surface area contributed by atoms with Gasteiger partial charge in [-0.1, -0.05) is 107 Å². The second kappa shape index (κ2) is 15.8. The molecule has 0 atom stereocenters. The maximum absolute atomic E-state index is 9.67. The van der Waals surface area contributed by atoms with Gasteiger partial charge in [0, 0.05) is 47.5 Å². The van der Waals surface area contributed by atoms with Crippen LogP contribution in [0.5, 0.6) is 0 Å². The van der Waals surface area contributed by atoms with Crippen LogP contribution in [-0.4, -0.2) is 30.9 Å². The Morgan fingerprint density at radius 2 is 1.33 bits per heavy atom. The Kier molecular flexibility index (Phi) is 13.1. The zero-order valence-corrected chi connectivity index (χ0v) is 25.9. The fraction of sp³-hybridized carbons (Fsp3) is 0.400. The minimum atomic E-state index is -3.67. The summed E-state index contributed by atoms with van der Waals surface area (Å²) in [5.41, 5.74) is 8.38. The van der Waals surface area contributed by atoms with Crippen molar-refractivity contribution in [1.29, 1.82) is 0 Å². The summed E-state index contributed by atoms with van der Waals surface area (Å²) in [6.45, 7) is 16.1. The van der Waals surface area contributed by atoms with E-state index < -0.39 is 7.54 Å². The van der Waals surface area contributed by atoms with Crippen LogP contribution in [0.25, 0.3) is 0 Å². The fourth-order valence-electron chi connectivity index (χ4n) is 5.88. The average Bonchev–Trinajstić information content (AvgIpc) is 3.28. The van der Waals surface area contributed by atoms with Crippen molar-refractivity contribution in [3.8, 4) is 0 Å². The number of hydrogen-bond acceptors (Lipinski definition) is 1. The molecule has 0 bridgehead atoms. The lowest BCUT2D eigenvalue weighted by Crippen LogP contribution is -3.00. The SMILES string of the molecule is CCCCN1/C(=C/C=C/C=C/C=C/C2=[N+](CCCC)c3ccccc3C2(C)C)C(C)(C)c2ccccc21.FB(F)F.[F-]. The number of rotatable bonds is 10. The third-order valence-corrected chi connectivity index (χ3v) is 8.02. The van der Waals surface area contributed by atoms with Gasteiger partial charge in [-0.3, -0.25) is 12.9 Å². The maximum Gasteiger partial charge on any atom is 0.762 e. The zero-order valence-electron chi connectivity index (χ0n) is 25.9. The maximum atomic E-state index is 9.67. The van der Waals surface area contributed by atoms with Gasteiger partial charge in [0.2, 0.25) is 5.69 Å². The molecule has 2 heterocycles. The number of anilines is 1. The third kappa shape index (κ3) is 7.93. The minimum Gasteiger partial charge on any atom is -1.00 e. The number of para-hydroxylation sites is 2. The second-order valence-electron chi connectivity index (χ2n) is 11.6. The quantitative estimate of drug-likeness (QED) is 0.128. The van der Waals surface area contributed by atoms with Crippen LogP contribution in [0.3, 0.4) is 0 Å². The third-order valence-electron chi connectivity index (χ3n) is 8.02. The number of hydrogen-bond donors (Lipinski definition) is 0. The summed E-state index contributed by atoms with van der Waals surface area (Å²) < 4.78 is 31.5. The van der Waals surface area contributed by atoms with E-state index in [0.717, 1.165) is 13.1 Å². The molecule has 0 saturated heterocycles. The van der Waals surface area contributed by atoms with Gasteiger partial charge in [0.15, 0.2) is 5.71 Å². The summed E-state index contributed by atoms with van der Waals surface area (Å²) in [6.07, 6.45) is 20.3. The van der Waals surface area contributed by atoms with Crippen molar-refractivity contribution in [3.63, 3.8) is 0 Å². The van der Waals surface area contributed by atoms with E-state index >= 15 is 0 Å². The molecule has 2 nitrogen and oxygen atoms in total. The minimum absolute atomic E-state index is 0. The van der Waals surface area contributed by atoms with Crippen molar-refractivity contribution in [3.05, 3.63) is 108 Å². The molecule has 42 heavy (non-hydrogen) atoms. The molecule has 2 aromatic carbocycles. The highest BCUT2D eigenvalue weighted by Crippen LogP contribution is 2.47. The van der Waals surface area contributed by atoms with Gasteiger partial charge in [-0.2, -0.15) is 4.58 Å². The monoisotopic (exact) mass is 580 g/mol. The standard InChI is InChI=1S/C35H45N2.BF3.FH/c1-7-9-26-36-30-22-18-16-20-28(30)34(3,4)32(36)24-14-12-11-13-15-25-33-35(5,6)29-21-17-19-23-31(29)37(33)27-10-8-2;2-1(3)4;/h11-25H,7-10,26-27H2,1-6H3;;1H/q+1;;/p-1. The topological polar surface area (TPSA) is 6.25 Å². The van der Waals surface area contributed by atoms with Gasteiger partial charge >= 0.3 is 7.54 Å². The molecule has 0 spiro atoms. The lowest BCUT2D eigenvalue weighted by atomic mass is 9.81. The van der Waals surface area contributed by atoms with Crippen LogP contribution in [-0.2, 0) is 10.8 Å². The molecule has 0 aliphatic carbocycles. The van der Waals surface area contributed by atoms with Gasteiger partial charge in [-0.25, -0.2) is 0 Å². The van der Waals surface area contributed by atoms with Gasteiger partial charge in [0.05, 0.1) is 5.41 Å². The lowest BCUT2D eigenvalue weighted by Gasteiger charge is -2.27. The molecule has 2 aliphatic heterocycles. The lowest BCUT2D eigenvalue weighted by molar-refractivity contribution is -0.438. The van der Waals surface area contributed by atoms with Crippen LogP contribution in [0.4, 0.5) is 24.3 Å². The van der Waals surface area contributed by atoms with Crippen molar-refractivity contribution in [2.75, 3.05) is 18.0 Å². The van der Waals surface area contributed by atoms with Crippen LogP contribution in [0.1, 0.15) is 78.4 Å². The van der Waals surface area contributed by atoms with Crippen molar-refractivity contribution in [2.45, 2.75) is 78.1 Å². The van der Waals surface area contributed by atoms with Gasteiger partial charge in [-0.15, -0.1) is 0 Å². The molecule has 2 aliphatic rings. The zero-order chi connectivity index (χ0) is 30.0. The molecule has 0 unspecified atom stereocenters. The summed E-state index contributed by atoms with van der Waals surface area (Å²) in [6, 6.07) is 17.8. The van der Waals surface area contributed by atoms with E-state index in [1.165, 1.54) is 59.6 Å². The Balaban J connectivity index is 0.00000116. The molecule has 0 radical (unpaired) electrons. The summed E-state index contributed by atoms with van der Waals surface area (Å²) >= 11 is 0. The van der Waals surface area contributed by atoms with Gasteiger partial charge in [0.1, 0.15) is 6.54 Å². The van der Waals surface area contributed by atoms with Crippen molar-refractivity contribution >= 4 is 24.6 Å². The van der Waals surface area contributed by atoms with E-state index in [0.29, 0.717) is 0 Å². The van der Waals surface area contributed by atoms with Gasteiger partial charge in [0.25, 0.3) is 0 Å². The van der Waals surface area contributed by atoms with Crippen molar-refractivity contribution in [2.24, 2.45) is 0 Å². The Bertz CT molecular complexity index is 1320. The largest absolute Gasteiger partial charge is 1.00 e. The molecule has 7 heteroatoms. The predicted octanol–water partition coefficient (Wildman–Crippen LogP) is 6.90. The van der Waals surface area contributed by atoms with Crippen LogP contribution >= 0.6 is 0 Å². The highest BCUT2D eigenvalue weighted by atomic mass is 19.4. The Labute approximate surface area is 250 Å². The fourth-order valence-corrected chi connectivity index (χ4v) is 5.88. The summed E-state index contributed by atoms with van der Waals surface area (Å²) in [7, 11) is -3.67. The van der Waals surface area contributed by atoms with E-state index in [1.54, 1.807) is 0 Å². The van der Waals surface area contributed by atoms with E-state index in [9.17, 15) is 12.9 Å². The predicted molar refractivity (Wildman–Crippen MR) is 170 cm³/mol. The molecular formula is C35H45BF4N2. The first-order valence-corrected chi connectivity index (χ1v) is 14.8. The first kappa shape index (κ1) is 34.9. The number of unbranched alkanes of at least 4 members (excludes halogenated alkanes) is 2. The van der Waals surface area contributed by atoms with E-state index in [4.69, 9.17) is 0 Å². The van der Waals surface area contributed by atoms with E-state index in [1.807, 2.05) is 0 Å². The highest BCUT2D eigenvalue weighted by molar-refractivity contribution is 6.33. The van der Waals surface area contributed by atoms with Gasteiger partial charge in [-0.05, 0) is 38.0 Å². The number of benzene rings is 2. The molecule has 226 valence electrons. The average molecular weight is 581 g/mol. The van der Waals surface area contributed by atoms with E-state index in [2.05, 4.69) is 142 Å². The molecule has 2 aromatic rings. The Morgan fingerprint density at radius 3 is 2.00 bits per heavy atom. The molecule has 0 aromatic heterocycles. The summed E-state index contributed by atoms with van der Waals surface area (Å²) in [5, 5.41) is 0. The molecular weight excluding hydrogens is 535 g/mol. The van der Waals surface area contributed by atoms with Crippen molar-refractivity contribution < 1.29 is 22.2 Å². The van der Waals surface area contributed by atoms with Crippen LogP contribution in [0, 0.1) is 0 Å². The number of allylic oxidation sites excluding steroid dienone is 8. The summed E-state index contributed by atoms with van der Waals surface area (Å²) in [5.74, 6) is 0. The number of fused-ring (bicyclic) bond motifs is 2. The molecule has 0 amide bonds. The van der Waals surface area contributed by atoms with Crippen LogP contribution in [0.2, 0.25) is 0 Å². The molecule has 0 N–H and O–H groups in total. The second-order valence-corrected chi connectivity index (χ2v) is 11.6. The van der Waals surface area contributed by atoms with Crippen LogP contribution < -0.4 is 9.60 Å². The first-order valence-electron chi connectivity index (χ1n) is 14.8. The van der Waals surface area contributed by atoms with Gasteiger partial charge < -0.3 is 9.60 Å². The smallest absolute Gasteiger partial charge is 0.762 e. The molecule has 0 fully saturated rings. The normalized spacial score (nSPS) is 17.5. The molecule has 0 saturated carbocycles. The Morgan fingerprint density at radius 1 is 0.762 bits per heavy atom. The highest BCUT2D eigenvalue weighted by Gasteiger charge is 2.43. The van der Waals surface area contributed by atoms with Crippen LogP contribution in [0.15, 0.2) is 96.8 Å². The first-order chi connectivity index (χ1) is 19.6. The summed E-state index contributed by atoms with van der Waals surface area (Å²) in [4.78, 5) is 2.52. The van der Waals surface area contributed by atoms with Crippen molar-refractivity contribution in [1.82, 2.24) is 0 Å². The number of halogens is 4. The Hall–Kier alpha value is -3.35.